The van der Waals surface area contributed by atoms with Crippen LogP contribution in [0, 0.1) is 0 Å². The molecule has 2 aromatic rings. The molecule has 1 N–H and O–H groups in total. The van der Waals surface area contributed by atoms with Crippen molar-refractivity contribution >= 4 is 15.9 Å². The third kappa shape index (κ3) is 3.33. The monoisotopic (exact) mass is 320 g/mol. The average Bonchev–Trinajstić information content (AvgIpc) is 2.46. The van der Waals surface area contributed by atoms with Gasteiger partial charge in [0.2, 0.25) is 0 Å². The smallest absolute Gasteiger partial charge is 0.124 e. The van der Waals surface area contributed by atoms with Crippen molar-refractivity contribution in [1.29, 1.82) is 0 Å². The fraction of sp³-hybridized carbons (Fsp3) is 0.267. The number of pyridine rings is 1. The van der Waals surface area contributed by atoms with Gasteiger partial charge in [0.25, 0.3) is 0 Å². The minimum absolute atomic E-state index is 0.0363. The highest BCUT2D eigenvalue weighted by atomic mass is 79.9. The van der Waals surface area contributed by atoms with Crippen molar-refractivity contribution in [3.8, 4) is 5.75 Å². The zero-order valence-electron chi connectivity index (χ0n) is 11.1. The fourth-order valence-electron chi connectivity index (χ4n) is 2.04. The number of hydrogen-bond acceptors (Lipinski definition) is 3. The molecular weight excluding hydrogens is 304 g/mol. The summed E-state index contributed by atoms with van der Waals surface area (Å²) >= 11 is 3.41. The number of nitrogens with one attached hydrogen (secondary N) is 1. The van der Waals surface area contributed by atoms with Crippen LogP contribution in [-0.4, -0.2) is 18.6 Å². The van der Waals surface area contributed by atoms with E-state index in [0.717, 1.165) is 28.0 Å². The number of rotatable bonds is 5. The van der Waals surface area contributed by atoms with Crippen LogP contribution in [0.5, 0.6) is 5.75 Å². The van der Waals surface area contributed by atoms with Gasteiger partial charge in [-0.15, -0.1) is 0 Å². The number of hydrogen-bond donors (Lipinski definition) is 1. The van der Waals surface area contributed by atoms with Gasteiger partial charge in [-0.25, -0.2) is 0 Å². The lowest BCUT2D eigenvalue weighted by Gasteiger charge is -2.20. The van der Waals surface area contributed by atoms with Crippen molar-refractivity contribution in [2.24, 2.45) is 0 Å². The Balaban J connectivity index is 2.42. The SMILES string of the molecule is CCNC(c1ccc(Br)cn1)c1ccccc1OC. The average molecular weight is 321 g/mol. The van der Waals surface area contributed by atoms with Crippen LogP contribution in [-0.2, 0) is 0 Å². The summed E-state index contributed by atoms with van der Waals surface area (Å²) in [6, 6.07) is 12.1. The van der Waals surface area contributed by atoms with Gasteiger partial charge in [0.15, 0.2) is 0 Å². The molecule has 1 heterocycles. The summed E-state index contributed by atoms with van der Waals surface area (Å²) in [5.41, 5.74) is 2.08. The van der Waals surface area contributed by atoms with Crippen LogP contribution in [0.2, 0.25) is 0 Å². The molecule has 2 rings (SSSR count). The first-order valence-electron chi connectivity index (χ1n) is 6.24. The highest BCUT2D eigenvalue weighted by molar-refractivity contribution is 9.10. The number of halogens is 1. The van der Waals surface area contributed by atoms with E-state index in [2.05, 4.69) is 39.2 Å². The molecule has 0 saturated carbocycles. The van der Waals surface area contributed by atoms with E-state index in [4.69, 9.17) is 4.74 Å². The molecular formula is C15H17BrN2O. The second-order valence-electron chi connectivity index (χ2n) is 4.13. The zero-order chi connectivity index (χ0) is 13.7. The largest absolute Gasteiger partial charge is 0.496 e. The number of aromatic nitrogens is 1. The lowest BCUT2D eigenvalue weighted by molar-refractivity contribution is 0.404. The van der Waals surface area contributed by atoms with Gasteiger partial charge in [-0.3, -0.25) is 4.98 Å². The van der Waals surface area contributed by atoms with Gasteiger partial charge in [0.05, 0.1) is 18.8 Å². The van der Waals surface area contributed by atoms with E-state index < -0.39 is 0 Å². The maximum absolute atomic E-state index is 5.44. The summed E-state index contributed by atoms with van der Waals surface area (Å²) in [4.78, 5) is 4.48. The lowest BCUT2D eigenvalue weighted by atomic mass is 10.0. The number of benzene rings is 1. The molecule has 100 valence electrons. The molecule has 0 amide bonds. The summed E-state index contributed by atoms with van der Waals surface area (Å²) in [5, 5.41) is 3.45. The maximum atomic E-state index is 5.44. The first-order valence-corrected chi connectivity index (χ1v) is 7.03. The lowest BCUT2D eigenvalue weighted by Crippen LogP contribution is -2.23. The van der Waals surface area contributed by atoms with Crippen molar-refractivity contribution in [2.45, 2.75) is 13.0 Å². The molecule has 0 fully saturated rings. The molecule has 0 spiro atoms. The second-order valence-corrected chi connectivity index (χ2v) is 5.05. The van der Waals surface area contributed by atoms with E-state index in [1.165, 1.54) is 0 Å². The van der Waals surface area contributed by atoms with Gasteiger partial charge in [-0.05, 0) is 40.7 Å². The summed E-state index contributed by atoms with van der Waals surface area (Å²) in [6.07, 6.45) is 1.81. The van der Waals surface area contributed by atoms with Crippen molar-refractivity contribution in [3.05, 3.63) is 58.3 Å². The third-order valence-electron chi connectivity index (χ3n) is 2.90. The van der Waals surface area contributed by atoms with Crippen LogP contribution in [0.25, 0.3) is 0 Å². The van der Waals surface area contributed by atoms with Crippen LogP contribution in [0.15, 0.2) is 47.1 Å². The van der Waals surface area contributed by atoms with Gasteiger partial charge in [-0.2, -0.15) is 0 Å². The third-order valence-corrected chi connectivity index (χ3v) is 3.37. The molecule has 0 aliphatic heterocycles. The van der Waals surface area contributed by atoms with E-state index in [1.807, 2.05) is 36.5 Å². The fourth-order valence-corrected chi connectivity index (χ4v) is 2.28. The minimum atomic E-state index is 0.0363. The molecule has 4 heteroatoms. The van der Waals surface area contributed by atoms with E-state index in [9.17, 15) is 0 Å². The highest BCUT2D eigenvalue weighted by Crippen LogP contribution is 2.29. The molecule has 0 saturated heterocycles. The quantitative estimate of drug-likeness (QED) is 0.914. The Morgan fingerprint density at radius 1 is 1.26 bits per heavy atom. The summed E-state index contributed by atoms with van der Waals surface area (Å²) < 4.78 is 6.42. The van der Waals surface area contributed by atoms with Crippen LogP contribution < -0.4 is 10.1 Å². The van der Waals surface area contributed by atoms with Gasteiger partial charge in [-0.1, -0.05) is 25.1 Å². The molecule has 0 radical (unpaired) electrons. The highest BCUT2D eigenvalue weighted by Gasteiger charge is 2.17. The number of methoxy groups -OCH3 is 1. The number of para-hydroxylation sites is 1. The standard InChI is InChI=1S/C15H17BrN2O/c1-3-17-15(13-9-8-11(16)10-18-13)12-6-4-5-7-14(12)19-2/h4-10,15,17H,3H2,1-2H3. The van der Waals surface area contributed by atoms with Crippen LogP contribution >= 0.6 is 15.9 Å². The van der Waals surface area contributed by atoms with E-state index in [0.29, 0.717) is 0 Å². The Labute approximate surface area is 122 Å². The summed E-state index contributed by atoms with van der Waals surface area (Å²) in [5.74, 6) is 0.873. The van der Waals surface area contributed by atoms with Crippen molar-refractivity contribution in [3.63, 3.8) is 0 Å². The number of ether oxygens (including phenoxy) is 1. The van der Waals surface area contributed by atoms with Crippen LogP contribution in [0.3, 0.4) is 0 Å². The molecule has 0 aliphatic rings. The molecule has 1 atom stereocenters. The minimum Gasteiger partial charge on any atom is -0.496 e. The first kappa shape index (κ1) is 14.0. The van der Waals surface area contributed by atoms with Crippen LogP contribution in [0.4, 0.5) is 0 Å². The summed E-state index contributed by atoms with van der Waals surface area (Å²) in [7, 11) is 1.69. The van der Waals surface area contributed by atoms with Gasteiger partial charge >= 0.3 is 0 Å². The van der Waals surface area contributed by atoms with Crippen molar-refractivity contribution in [2.75, 3.05) is 13.7 Å². The van der Waals surface area contributed by atoms with Gasteiger partial charge in [0, 0.05) is 16.2 Å². The topological polar surface area (TPSA) is 34.2 Å². The zero-order valence-corrected chi connectivity index (χ0v) is 12.6. The van der Waals surface area contributed by atoms with E-state index >= 15 is 0 Å². The predicted molar refractivity (Wildman–Crippen MR) is 80.5 cm³/mol. The second kappa shape index (κ2) is 6.68. The molecule has 1 unspecified atom stereocenters. The Morgan fingerprint density at radius 3 is 2.68 bits per heavy atom. The van der Waals surface area contributed by atoms with Gasteiger partial charge in [0.1, 0.15) is 5.75 Å². The maximum Gasteiger partial charge on any atom is 0.124 e. The molecule has 1 aromatic carbocycles. The van der Waals surface area contributed by atoms with Crippen molar-refractivity contribution < 1.29 is 4.74 Å². The molecule has 0 bridgehead atoms. The molecule has 3 nitrogen and oxygen atoms in total. The van der Waals surface area contributed by atoms with E-state index in [-0.39, 0.29) is 6.04 Å². The normalized spacial score (nSPS) is 12.2. The first-order chi connectivity index (χ1) is 9.26. The van der Waals surface area contributed by atoms with E-state index in [1.54, 1.807) is 7.11 Å². The Hall–Kier alpha value is -1.39. The Bertz CT molecular complexity index is 528. The Kier molecular flexibility index (Phi) is 4.93. The Morgan fingerprint density at radius 2 is 2.05 bits per heavy atom. The summed E-state index contributed by atoms with van der Waals surface area (Å²) in [6.45, 7) is 2.95. The van der Waals surface area contributed by atoms with Crippen LogP contribution in [0.1, 0.15) is 24.2 Å². The number of nitrogens with zero attached hydrogens (tertiary/aromatic N) is 1. The van der Waals surface area contributed by atoms with Gasteiger partial charge < -0.3 is 10.1 Å². The predicted octanol–water partition coefficient (Wildman–Crippen LogP) is 3.55. The molecule has 1 aromatic heterocycles. The molecule has 19 heavy (non-hydrogen) atoms. The van der Waals surface area contributed by atoms with Crippen molar-refractivity contribution in [1.82, 2.24) is 10.3 Å². The molecule has 0 aliphatic carbocycles.